The van der Waals surface area contributed by atoms with E-state index in [0.717, 1.165) is 25.7 Å². The zero-order valence-corrected chi connectivity index (χ0v) is 6.21. The SMILES string of the molecule is O=C1OC(=O)C2CCCCC12.[HH]. The molecule has 0 spiro atoms. The molecule has 1 saturated carbocycles. The van der Waals surface area contributed by atoms with Crippen LogP contribution >= 0.6 is 0 Å². The summed E-state index contributed by atoms with van der Waals surface area (Å²) in [6, 6.07) is 0. The van der Waals surface area contributed by atoms with Crippen LogP contribution in [0, 0.1) is 11.8 Å². The van der Waals surface area contributed by atoms with Gasteiger partial charge >= 0.3 is 11.9 Å². The quantitative estimate of drug-likeness (QED) is 0.390. The van der Waals surface area contributed by atoms with Crippen LogP contribution in [0.25, 0.3) is 0 Å². The zero-order chi connectivity index (χ0) is 7.84. The molecular formula is C8H12O3. The summed E-state index contributed by atoms with van der Waals surface area (Å²) in [6.07, 6.45) is 3.80. The Morgan fingerprint density at radius 3 is 2.00 bits per heavy atom. The molecule has 1 saturated heterocycles. The smallest absolute Gasteiger partial charge is 0.317 e. The second-order valence-corrected chi connectivity index (χ2v) is 3.24. The first kappa shape index (κ1) is 6.83. The fourth-order valence-electron chi connectivity index (χ4n) is 1.95. The summed E-state index contributed by atoms with van der Waals surface area (Å²) < 4.78 is 4.53. The lowest BCUT2D eigenvalue weighted by Crippen LogP contribution is -2.21. The molecule has 1 aliphatic heterocycles. The molecule has 3 nitrogen and oxygen atoms in total. The molecule has 0 N–H and O–H groups in total. The fourth-order valence-corrected chi connectivity index (χ4v) is 1.95. The lowest BCUT2D eigenvalue weighted by atomic mass is 9.81. The van der Waals surface area contributed by atoms with E-state index in [1.807, 2.05) is 0 Å². The van der Waals surface area contributed by atoms with Crippen LogP contribution in [-0.2, 0) is 14.3 Å². The normalized spacial score (nSPS) is 36.7. The number of carbonyl (C=O) groups is 2. The summed E-state index contributed by atoms with van der Waals surface area (Å²) in [6.45, 7) is 0. The van der Waals surface area contributed by atoms with Gasteiger partial charge in [-0.25, -0.2) is 0 Å². The molecule has 1 heterocycles. The Kier molecular flexibility index (Phi) is 1.44. The first-order chi connectivity index (χ1) is 5.29. The molecule has 0 radical (unpaired) electrons. The van der Waals surface area contributed by atoms with Gasteiger partial charge in [-0.2, -0.15) is 0 Å². The van der Waals surface area contributed by atoms with Crippen LogP contribution < -0.4 is 0 Å². The van der Waals surface area contributed by atoms with Gasteiger partial charge in [-0.15, -0.1) is 0 Å². The lowest BCUT2D eigenvalue weighted by Gasteiger charge is -2.18. The van der Waals surface area contributed by atoms with Gasteiger partial charge in [-0.05, 0) is 12.8 Å². The average molecular weight is 156 g/mol. The molecule has 2 aliphatic rings. The van der Waals surface area contributed by atoms with Gasteiger partial charge in [-0.1, -0.05) is 12.8 Å². The molecule has 0 aromatic rings. The summed E-state index contributed by atoms with van der Waals surface area (Å²) in [5, 5.41) is 0. The Morgan fingerprint density at radius 2 is 1.55 bits per heavy atom. The van der Waals surface area contributed by atoms with Crippen molar-refractivity contribution in [1.29, 1.82) is 0 Å². The Bertz CT molecular complexity index is 192. The minimum absolute atomic E-state index is 0. The minimum atomic E-state index is -0.292. The average Bonchev–Trinajstić information content (AvgIpc) is 2.30. The summed E-state index contributed by atoms with van der Waals surface area (Å²) >= 11 is 0. The first-order valence-electron chi connectivity index (χ1n) is 4.04. The van der Waals surface area contributed by atoms with E-state index in [1.165, 1.54) is 0 Å². The lowest BCUT2D eigenvalue weighted by molar-refractivity contribution is -0.153. The Balaban J connectivity index is 0.000000720. The van der Waals surface area contributed by atoms with Gasteiger partial charge in [0.2, 0.25) is 0 Å². The van der Waals surface area contributed by atoms with Crippen LogP contribution in [0.5, 0.6) is 0 Å². The van der Waals surface area contributed by atoms with Gasteiger partial charge in [-0.3, -0.25) is 9.59 Å². The van der Waals surface area contributed by atoms with E-state index in [-0.39, 0.29) is 25.2 Å². The predicted octanol–water partition coefficient (Wildman–Crippen LogP) is 1.12. The summed E-state index contributed by atoms with van der Waals surface area (Å²) in [5.41, 5.74) is 0. The van der Waals surface area contributed by atoms with Crippen LogP contribution in [0.1, 0.15) is 27.1 Å². The first-order valence-corrected chi connectivity index (χ1v) is 4.04. The third kappa shape index (κ3) is 0.951. The highest BCUT2D eigenvalue weighted by molar-refractivity contribution is 5.96. The van der Waals surface area contributed by atoms with Gasteiger partial charge in [0.25, 0.3) is 0 Å². The standard InChI is InChI=1S/C8H10O3.H2/c9-7-5-3-1-2-4-6(5)8(10)11-7;/h5-6H,1-4H2;1H. The van der Waals surface area contributed by atoms with Crippen LogP contribution in [0.2, 0.25) is 0 Å². The predicted molar refractivity (Wildman–Crippen MR) is 38.7 cm³/mol. The van der Waals surface area contributed by atoms with E-state index in [2.05, 4.69) is 4.74 Å². The van der Waals surface area contributed by atoms with E-state index in [1.54, 1.807) is 0 Å². The number of carbonyl (C=O) groups excluding carboxylic acids is 2. The molecule has 2 rings (SSSR count). The number of hydrogen-bond acceptors (Lipinski definition) is 3. The monoisotopic (exact) mass is 156 g/mol. The van der Waals surface area contributed by atoms with Gasteiger partial charge in [0.05, 0.1) is 11.8 Å². The van der Waals surface area contributed by atoms with Crippen LogP contribution in [0.3, 0.4) is 0 Å². The number of fused-ring (bicyclic) bond motifs is 1. The Morgan fingerprint density at radius 1 is 1.09 bits per heavy atom. The van der Waals surface area contributed by atoms with Crippen LogP contribution in [-0.4, -0.2) is 11.9 Å². The number of cyclic esters (lactones) is 2. The van der Waals surface area contributed by atoms with Gasteiger partial charge in [0.1, 0.15) is 0 Å². The molecule has 2 atom stereocenters. The van der Waals surface area contributed by atoms with E-state index in [0.29, 0.717) is 0 Å². The molecule has 1 aliphatic carbocycles. The number of ether oxygens (including phenoxy) is 1. The van der Waals surface area contributed by atoms with E-state index in [4.69, 9.17) is 0 Å². The topological polar surface area (TPSA) is 43.4 Å². The molecular weight excluding hydrogens is 144 g/mol. The zero-order valence-electron chi connectivity index (χ0n) is 6.21. The number of esters is 2. The van der Waals surface area contributed by atoms with Crippen molar-refractivity contribution in [2.24, 2.45) is 11.8 Å². The van der Waals surface area contributed by atoms with E-state index in [9.17, 15) is 9.59 Å². The highest BCUT2D eigenvalue weighted by Crippen LogP contribution is 2.36. The van der Waals surface area contributed by atoms with E-state index >= 15 is 0 Å². The summed E-state index contributed by atoms with van der Waals surface area (Å²) in [7, 11) is 0. The summed E-state index contributed by atoms with van der Waals surface area (Å²) in [4.78, 5) is 22.0. The van der Waals surface area contributed by atoms with Crippen molar-refractivity contribution in [1.82, 2.24) is 0 Å². The largest absolute Gasteiger partial charge is 0.393 e. The highest BCUT2D eigenvalue weighted by Gasteiger charge is 2.44. The number of rotatable bonds is 0. The molecule has 0 amide bonds. The molecule has 0 bridgehead atoms. The van der Waals surface area contributed by atoms with Crippen LogP contribution in [0.4, 0.5) is 0 Å². The third-order valence-electron chi connectivity index (χ3n) is 2.57. The van der Waals surface area contributed by atoms with Crippen molar-refractivity contribution in [3.05, 3.63) is 0 Å². The third-order valence-corrected chi connectivity index (χ3v) is 2.57. The molecule has 0 aromatic heterocycles. The Hall–Kier alpha value is -0.860. The minimum Gasteiger partial charge on any atom is -0.393 e. The van der Waals surface area contributed by atoms with Crippen molar-refractivity contribution in [2.45, 2.75) is 25.7 Å². The summed E-state index contributed by atoms with van der Waals surface area (Å²) in [5.74, 6) is -0.785. The van der Waals surface area contributed by atoms with Gasteiger partial charge < -0.3 is 4.74 Å². The maximum absolute atomic E-state index is 11.0. The number of hydrogen-bond donors (Lipinski definition) is 0. The Labute approximate surface area is 66.2 Å². The van der Waals surface area contributed by atoms with Crippen molar-refractivity contribution >= 4 is 11.9 Å². The van der Waals surface area contributed by atoms with Gasteiger partial charge in [0, 0.05) is 1.43 Å². The highest BCUT2D eigenvalue weighted by atomic mass is 16.6. The molecule has 2 unspecified atom stereocenters. The van der Waals surface area contributed by atoms with Gasteiger partial charge in [0.15, 0.2) is 0 Å². The molecule has 62 valence electrons. The van der Waals surface area contributed by atoms with Crippen molar-refractivity contribution in [2.75, 3.05) is 0 Å². The molecule has 0 aromatic carbocycles. The van der Waals surface area contributed by atoms with E-state index < -0.39 is 0 Å². The van der Waals surface area contributed by atoms with Crippen molar-refractivity contribution in [3.63, 3.8) is 0 Å². The maximum Gasteiger partial charge on any atom is 0.317 e. The maximum atomic E-state index is 11.0. The molecule has 11 heavy (non-hydrogen) atoms. The second kappa shape index (κ2) is 2.32. The van der Waals surface area contributed by atoms with Crippen LogP contribution in [0.15, 0.2) is 0 Å². The molecule has 2 fully saturated rings. The van der Waals surface area contributed by atoms with Crippen molar-refractivity contribution in [3.8, 4) is 0 Å². The fraction of sp³-hybridized carbons (Fsp3) is 0.750. The van der Waals surface area contributed by atoms with Crippen molar-refractivity contribution < 1.29 is 15.8 Å². The molecule has 3 heteroatoms. The second-order valence-electron chi connectivity index (χ2n) is 3.24.